The Morgan fingerprint density at radius 2 is 1.82 bits per heavy atom. The Labute approximate surface area is 190 Å². The molecule has 8 nitrogen and oxygen atoms in total. The molecule has 0 radical (unpaired) electrons. The number of rotatable bonds is 4. The number of aliphatic imine (C=N–C) groups is 1. The summed E-state index contributed by atoms with van der Waals surface area (Å²) >= 11 is 0. The van der Waals surface area contributed by atoms with Gasteiger partial charge in [-0.1, -0.05) is 26.0 Å². The van der Waals surface area contributed by atoms with Crippen LogP contribution < -0.4 is 11.5 Å². The molecule has 0 bridgehead atoms. The number of amides is 3. The predicted molar refractivity (Wildman–Crippen MR) is 115 cm³/mol. The van der Waals surface area contributed by atoms with Crippen molar-refractivity contribution in [1.82, 2.24) is 9.80 Å². The number of alkyl halides is 3. The van der Waals surface area contributed by atoms with Gasteiger partial charge in [0.15, 0.2) is 5.96 Å². The van der Waals surface area contributed by atoms with Crippen LogP contribution in [0.15, 0.2) is 28.3 Å². The molecule has 0 saturated carbocycles. The molecule has 2 aliphatic heterocycles. The van der Waals surface area contributed by atoms with Gasteiger partial charge in [-0.25, -0.2) is 0 Å². The van der Waals surface area contributed by atoms with Crippen molar-refractivity contribution in [2.24, 2.45) is 33.7 Å². The third kappa shape index (κ3) is 5.56. The zero-order valence-electron chi connectivity index (χ0n) is 18.8. The normalized spacial score (nSPS) is 23.8. The van der Waals surface area contributed by atoms with Gasteiger partial charge in [-0.05, 0) is 36.2 Å². The molecule has 1 atom stereocenters. The van der Waals surface area contributed by atoms with Gasteiger partial charge in [-0.2, -0.15) is 18.2 Å². The van der Waals surface area contributed by atoms with Crippen LogP contribution in [0, 0.1) is 17.3 Å². The van der Waals surface area contributed by atoms with Gasteiger partial charge >= 0.3 is 6.18 Å². The van der Waals surface area contributed by atoms with E-state index in [0.717, 1.165) is 12.5 Å². The highest BCUT2D eigenvalue weighted by Gasteiger charge is 2.46. The van der Waals surface area contributed by atoms with Crippen LogP contribution in [0.4, 0.5) is 13.2 Å². The molecule has 11 heteroatoms. The molecule has 33 heavy (non-hydrogen) atoms. The van der Waals surface area contributed by atoms with E-state index in [1.54, 1.807) is 18.7 Å². The molecular formula is C22H30F3N5O3. The van der Waals surface area contributed by atoms with Crippen LogP contribution in [-0.4, -0.2) is 65.8 Å². The van der Waals surface area contributed by atoms with Crippen LogP contribution >= 0.6 is 0 Å². The molecule has 3 amide bonds. The topological polar surface area (TPSA) is 122 Å². The molecule has 0 aromatic rings. The van der Waals surface area contributed by atoms with E-state index in [9.17, 15) is 27.6 Å². The lowest BCUT2D eigenvalue weighted by molar-refractivity contribution is -0.139. The van der Waals surface area contributed by atoms with Crippen molar-refractivity contribution < 1.29 is 27.6 Å². The third-order valence-corrected chi connectivity index (χ3v) is 6.57. The van der Waals surface area contributed by atoms with Gasteiger partial charge in [0.25, 0.3) is 5.91 Å². The van der Waals surface area contributed by atoms with E-state index in [0.29, 0.717) is 38.9 Å². The van der Waals surface area contributed by atoms with E-state index in [1.807, 2.05) is 0 Å². The lowest BCUT2D eigenvalue weighted by atomic mass is 9.68. The predicted octanol–water partition coefficient (Wildman–Crippen LogP) is 1.72. The number of likely N-dealkylation sites (tertiary alicyclic amines) is 2. The van der Waals surface area contributed by atoms with E-state index in [-0.39, 0.29) is 23.9 Å². The maximum Gasteiger partial charge on any atom is 0.416 e. The highest BCUT2D eigenvalue weighted by Crippen LogP contribution is 2.47. The molecule has 4 N–H and O–H groups in total. The molecule has 1 aliphatic carbocycles. The summed E-state index contributed by atoms with van der Waals surface area (Å²) < 4.78 is 41.9. The standard InChI is InChI=1S/C22H30F3N5O3/c1-21(2)11-14(15(22(23,24)25)10-16(21)19(33)28-20(26)27)13-5-8-29(9-6-13)18(32)12-30-7-3-4-17(30)31/h10-11,13,16H,3-9,12H2,1-2H3,(H4,26,27,28,33). The number of carbonyl (C=O) groups excluding carboxylic acids is 3. The zero-order valence-corrected chi connectivity index (χ0v) is 18.8. The Morgan fingerprint density at radius 3 is 2.33 bits per heavy atom. The number of carbonyl (C=O) groups is 3. The fourth-order valence-corrected chi connectivity index (χ4v) is 4.80. The molecule has 182 valence electrons. The van der Waals surface area contributed by atoms with E-state index in [1.165, 1.54) is 11.0 Å². The smallest absolute Gasteiger partial charge is 0.370 e. The average Bonchev–Trinajstić information content (AvgIpc) is 3.10. The first-order valence-electron chi connectivity index (χ1n) is 11.0. The first-order chi connectivity index (χ1) is 15.3. The fraction of sp³-hybridized carbons (Fsp3) is 0.636. The van der Waals surface area contributed by atoms with Crippen LogP contribution in [0.3, 0.4) is 0 Å². The highest BCUT2D eigenvalue weighted by molar-refractivity contribution is 5.94. The molecule has 0 spiro atoms. The summed E-state index contributed by atoms with van der Waals surface area (Å²) in [7, 11) is 0. The van der Waals surface area contributed by atoms with Crippen molar-refractivity contribution in [2.45, 2.75) is 45.7 Å². The first kappa shape index (κ1) is 24.8. The minimum Gasteiger partial charge on any atom is -0.370 e. The van der Waals surface area contributed by atoms with E-state index >= 15 is 0 Å². The number of nitrogens with two attached hydrogens (primary N) is 2. The largest absolute Gasteiger partial charge is 0.416 e. The highest BCUT2D eigenvalue weighted by atomic mass is 19.4. The van der Waals surface area contributed by atoms with Crippen LogP contribution in [0.25, 0.3) is 0 Å². The molecule has 3 rings (SSSR count). The van der Waals surface area contributed by atoms with Crippen LogP contribution in [-0.2, 0) is 14.4 Å². The molecular weight excluding hydrogens is 439 g/mol. The molecule has 1 unspecified atom stereocenters. The van der Waals surface area contributed by atoms with Crippen molar-refractivity contribution in [2.75, 3.05) is 26.2 Å². The molecule has 0 aromatic carbocycles. The Hall–Kier alpha value is -2.85. The second-order valence-corrected chi connectivity index (χ2v) is 9.43. The maximum atomic E-state index is 14.0. The van der Waals surface area contributed by atoms with Gasteiger partial charge in [-0.3, -0.25) is 14.4 Å². The summed E-state index contributed by atoms with van der Waals surface area (Å²) in [4.78, 5) is 43.3. The molecule has 2 saturated heterocycles. The van der Waals surface area contributed by atoms with Crippen molar-refractivity contribution in [1.29, 1.82) is 0 Å². The molecule has 3 aliphatic rings. The van der Waals surface area contributed by atoms with Gasteiger partial charge in [-0.15, -0.1) is 0 Å². The van der Waals surface area contributed by atoms with Crippen molar-refractivity contribution in [3.8, 4) is 0 Å². The van der Waals surface area contributed by atoms with E-state index in [4.69, 9.17) is 11.5 Å². The lowest BCUT2D eigenvalue weighted by Gasteiger charge is -2.39. The monoisotopic (exact) mass is 469 g/mol. The molecule has 2 fully saturated rings. The first-order valence-corrected chi connectivity index (χ1v) is 11.0. The van der Waals surface area contributed by atoms with Crippen molar-refractivity contribution >= 4 is 23.7 Å². The van der Waals surface area contributed by atoms with Gasteiger partial charge in [0.05, 0.1) is 18.0 Å². The van der Waals surface area contributed by atoms with E-state index in [2.05, 4.69) is 4.99 Å². The third-order valence-electron chi connectivity index (χ3n) is 6.57. The zero-order chi connectivity index (χ0) is 24.6. The van der Waals surface area contributed by atoms with Gasteiger partial charge in [0.2, 0.25) is 11.8 Å². The average molecular weight is 470 g/mol. The quantitative estimate of drug-likeness (QED) is 0.480. The van der Waals surface area contributed by atoms with Crippen molar-refractivity contribution in [3.63, 3.8) is 0 Å². The SMILES string of the molecule is CC1(C)C=C(C2CCN(C(=O)CN3CCCC3=O)CC2)C(C(F)(F)F)=CC1C(=O)N=C(N)N. The van der Waals surface area contributed by atoms with Crippen LogP contribution in [0.2, 0.25) is 0 Å². The van der Waals surface area contributed by atoms with Gasteiger partial charge in [0.1, 0.15) is 0 Å². The number of halogens is 3. The number of allylic oxidation sites excluding steroid dienone is 3. The summed E-state index contributed by atoms with van der Waals surface area (Å²) in [5.41, 5.74) is 8.85. The number of hydrogen-bond acceptors (Lipinski definition) is 3. The maximum absolute atomic E-state index is 14.0. The summed E-state index contributed by atoms with van der Waals surface area (Å²) in [6.45, 7) is 4.54. The Bertz CT molecular complexity index is 911. The number of nitrogens with zero attached hydrogens (tertiary/aromatic N) is 3. The summed E-state index contributed by atoms with van der Waals surface area (Å²) in [5.74, 6) is -3.11. The van der Waals surface area contributed by atoms with Gasteiger partial charge in [0, 0.05) is 26.1 Å². The van der Waals surface area contributed by atoms with Crippen molar-refractivity contribution in [3.05, 3.63) is 23.3 Å². The van der Waals surface area contributed by atoms with Crippen LogP contribution in [0.1, 0.15) is 39.5 Å². The fourth-order valence-electron chi connectivity index (χ4n) is 4.80. The minimum atomic E-state index is -4.65. The Morgan fingerprint density at radius 1 is 1.18 bits per heavy atom. The molecule has 0 aromatic heterocycles. The van der Waals surface area contributed by atoms with Gasteiger partial charge < -0.3 is 21.3 Å². The van der Waals surface area contributed by atoms with E-state index < -0.39 is 40.9 Å². The Kier molecular flexibility index (Phi) is 6.90. The number of hydrogen-bond donors (Lipinski definition) is 2. The summed E-state index contributed by atoms with van der Waals surface area (Å²) in [6.07, 6.45) is -0.312. The second-order valence-electron chi connectivity index (χ2n) is 9.43. The minimum absolute atomic E-state index is 0.0154. The number of guanidine groups is 1. The summed E-state index contributed by atoms with van der Waals surface area (Å²) in [6, 6.07) is 0. The number of piperidine rings is 1. The summed E-state index contributed by atoms with van der Waals surface area (Å²) in [5, 5.41) is 0. The second kappa shape index (κ2) is 9.18. The van der Waals surface area contributed by atoms with Crippen LogP contribution in [0.5, 0.6) is 0 Å². The lowest BCUT2D eigenvalue weighted by Crippen LogP contribution is -2.45. The Balaban J connectivity index is 1.75. The molecule has 2 heterocycles.